The van der Waals surface area contributed by atoms with Gasteiger partial charge in [-0.05, 0) is 18.2 Å². The van der Waals surface area contributed by atoms with Crippen molar-refractivity contribution < 1.29 is 13.2 Å². The summed E-state index contributed by atoms with van der Waals surface area (Å²) in [5.74, 6) is 0. The van der Waals surface area contributed by atoms with Crippen LogP contribution in [0.15, 0.2) is 18.2 Å². The van der Waals surface area contributed by atoms with Crippen LogP contribution in [-0.2, 0) is 6.18 Å². The first kappa shape index (κ1) is 15.7. The predicted octanol–water partition coefficient (Wildman–Crippen LogP) is 2.71. The number of hydrogen-bond donors (Lipinski definition) is 2. The fraction of sp³-hybridized carbons (Fsp3) is 0.143. The number of rotatable bonds is 0. The molecule has 0 spiro atoms. The fourth-order valence-electron chi connectivity index (χ4n) is 0.751. The molecule has 0 aliphatic rings. The molecule has 0 aliphatic heterocycles. The van der Waals surface area contributed by atoms with E-state index in [1.807, 2.05) is 0 Å². The zero-order chi connectivity index (χ0) is 9.35. The molecule has 82 valence electrons. The molecule has 1 rings (SSSR count). The number of nitrogens with two attached hydrogens (primary N) is 2. The summed E-state index contributed by atoms with van der Waals surface area (Å²) in [6, 6.07) is 2.85. The van der Waals surface area contributed by atoms with Crippen molar-refractivity contribution in [3.05, 3.63) is 23.8 Å². The van der Waals surface area contributed by atoms with Gasteiger partial charge in [0.25, 0.3) is 0 Å². The van der Waals surface area contributed by atoms with Gasteiger partial charge in [-0.2, -0.15) is 13.2 Å². The van der Waals surface area contributed by atoms with Crippen molar-refractivity contribution >= 4 is 36.2 Å². The molecule has 7 heteroatoms. The maximum Gasteiger partial charge on any atom is 0.416 e. The number of anilines is 2. The van der Waals surface area contributed by atoms with E-state index in [0.29, 0.717) is 0 Å². The van der Waals surface area contributed by atoms with Crippen molar-refractivity contribution in [2.45, 2.75) is 6.18 Å². The molecule has 0 bridgehead atoms. The van der Waals surface area contributed by atoms with Crippen LogP contribution in [0.5, 0.6) is 0 Å². The third-order valence-electron chi connectivity index (χ3n) is 1.41. The second kappa shape index (κ2) is 5.17. The topological polar surface area (TPSA) is 52.0 Å². The van der Waals surface area contributed by atoms with E-state index >= 15 is 0 Å². The van der Waals surface area contributed by atoms with Crippen molar-refractivity contribution in [1.29, 1.82) is 0 Å². The minimum absolute atomic E-state index is 0. The van der Waals surface area contributed by atoms with Gasteiger partial charge in [-0.1, -0.05) is 0 Å². The van der Waals surface area contributed by atoms with Crippen LogP contribution in [0.3, 0.4) is 0 Å². The summed E-state index contributed by atoms with van der Waals surface area (Å²) in [6.45, 7) is 0. The molecule has 0 radical (unpaired) electrons. The van der Waals surface area contributed by atoms with Gasteiger partial charge in [0.15, 0.2) is 0 Å². The lowest BCUT2D eigenvalue weighted by molar-refractivity contribution is -0.137. The van der Waals surface area contributed by atoms with Gasteiger partial charge in [0.1, 0.15) is 0 Å². The lowest BCUT2D eigenvalue weighted by Crippen LogP contribution is -2.06. The van der Waals surface area contributed by atoms with E-state index in [0.717, 1.165) is 18.2 Å². The summed E-state index contributed by atoms with van der Waals surface area (Å²) in [6.07, 6.45) is -4.36. The molecule has 1 aromatic rings. The average molecular weight is 249 g/mol. The smallest absolute Gasteiger partial charge is 0.397 e. The van der Waals surface area contributed by atoms with E-state index in [9.17, 15) is 13.2 Å². The number of alkyl halides is 3. The first-order chi connectivity index (χ1) is 5.41. The van der Waals surface area contributed by atoms with Crippen LogP contribution in [0.25, 0.3) is 0 Å². The quantitative estimate of drug-likeness (QED) is 0.694. The molecule has 0 unspecified atom stereocenters. The molecule has 0 aromatic heterocycles. The van der Waals surface area contributed by atoms with Gasteiger partial charge in [0.2, 0.25) is 0 Å². The zero-order valence-corrected chi connectivity index (χ0v) is 8.47. The normalized spacial score (nSPS) is 9.93. The second-order valence-electron chi connectivity index (χ2n) is 2.34. The molecule has 1 aromatic carbocycles. The maximum absolute atomic E-state index is 12.0. The summed E-state index contributed by atoms with van der Waals surface area (Å²) >= 11 is 0. The van der Waals surface area contributed by atoms with E-state index in [4.69, 9.17) is 11.5 Å². The Labute approximate surface area is 91.3 Å². The van der Waals surface area contributed by atoms with Crippen LogP contribution < -0.4 is 11.5 Å². The van der Waals surface area contributed by atoms with E-state index < -0.39 is 11.7 Å². The van der Waals surface area contributed by atoms with Crippen LogP contribution >= 0.6 is 24.8 Å². The molecule has 0 heterocycles. The van der Waals surface area contributed by atoms with Crippen LogP contribution in [0.1, 0.15) is 5.56 Å². The molecule has 0 atom stereocenters. The molecular formula is C7H9Cl2F3N2. The highest BCUT2D eigenvalue weighted by molar-refractivity contribution is 5.85. The maximum atomic E-state index is 12.0. The van der Waals surface area contributed by atoms with Gasteiger partial charge in [0, 0.05) is 0 Å². The minimum atomic E-state index is -4.36. The van der Waals surface area contributed by atoms with Gasteiger partial charge in [-0.25, -0.2) is 0 Å². The highest BCUT2D eigenvalue weighted by atomic mass is 35.5. The van der Waals surface area contributed by atoms with E-state index in [2.05, 4.69) is 0 Å². The van der Waals surface area contributed by atoms with Gasteiger partial charge in [0.05, 0.1) is 16.9 Å². The van der Waals surface area contributed by atoms with Gasteiger partial charge < -0.3 is 11.5 Å². The summed E-state index contributed by atoms with van der Waals surface area (Å²) < 4.78 is 36.0. The van der Waals surface area contributed by atoms with E-state index in [1.165, 1.54) is 0 Å². The van der Waals surface area contributed by atoms with Crippen LogP contribution in [0, 0.1) is 0 Å². The standard InChI is InChI=1S/C7H7F3N2.2ClH/c8-7(9,10)4-1-2-5(11)6(12)3-4;;/h1-3H,11-12H2;2*1H. The SMILES string of the molecule is Cl.Cl.Nc1ccc(C(F)(F)F)cc1N. The third kappa shape index (κ3) is 3.51. The first-order valence-electron chi connectivity index (χ1n) is 3.13. The summed E-state index contributed by atoms with van der Waals surface area (Å²) in [4.78, 5) is 0. The molecule has 2 nitrogen and oxygen atoms in total. The first-order valence-corrected chi connectivity index (χ1v) is 3.13. The monoisotopic (exact) mass is 248 g/mol. The Hall–Kier alpha value is -0.810. The number of halogens is 5. The molecule has 0 aliphatic carbocycles. The summed E-state index contributed by atoms with van der Waals surface area (Å²) in [5.41, 5.74) is 9.75. The Bertz CT molecular complexity index is 301. The average Bonchev–Trinajstić information content (AvgIpc) is 1.92. The number of hydrogen-bond acceptors (Lipinski definition) is 2. The number of nitrogen functional groups attached to an aromatic ring is 2. The fourth-order valence-corrected chi connectivity index (χ4v) is 0.751. The van der Waals surface area contributed by atoms with E-state index in [-0.39, 0.29) is 36.2 Å². The van der Waals surface area contributed by atoms with Crippen molar-refractivity contribution in [3.8, 4) is 0 Å². The Morgan fingerprint density at radius 1 is 0.929 bits per heavy atom. The van der Waals surface area contributed by atoms with Crippen LogP contribution in [-0.4, -0.2) is 0 Å². The van der Waals surface area contributed by atoms with Crippen molar-refractivity contribution in [2.75, 3.05) is 11.5 Å². The zero-order valence-electron chi connectivity index (χ0n) is 6.84. The molecule has 14 heavy (non-hydrogen) atoms. The van der Waals surface area contributed by atoms with E-state index in [1.54, 1.807) is 0 Å². The molecule has 0 saturated heterocycles. The highest BCUT2D eigenvalue weighted by Crippen LogP contribution is 2.31. The molecule has 0 saturated carbocycles. The Morgan fingerprint density at radius 3 is 1.79 bits per heavy atom. The minimum Gasteiger partial charge on any atom is -0.397 e. The molecular weight excluding hydrogens is 240 g/mol. The lowest BCUT2D eigenvalue weighted by atomic mass is 10.2. The Morgan fingerprint density at radius 2 is 1.43 bits per heavy atom. The van der Waals surface area contributed by atoms with Crippen molar-refractivity contribution in [3.63, 3.8) is 0 Å². The molecule has 4 N–H and O–H groups in total. The van der Waals surface area contributed by atoms with Gasteiger partial charge >= 0.3 is 6.18 Å². The van der Waals surface area contributed by atoms with Crippen molar-refractivity contribution in [2.24, 2.45) is 0 Å². The highest BCUT2D eigenvalue weighted by Gasteiger charge is 2.30. The molecule has 0 amide bonds. The van der Waals surface area contributed by atoms with Gasteiger partial charge in [-0.3, -0.25) is 0 Å². The van der Waals surface area contributed by atoms with Crippen LogP contribution in [0.2, 0.25) is 0 Å². The Balaban J connectivity index is 0. The van der Waals surface area contributed by atoms with Crippen molar-refractivity contribution in [1.82, 2.24) is 0 Å². The Kier molecular flexibility index (Phi) is 5.78. The second-order valence-corrected chi connectivity index (χ2v) is 2.34. The lowest BCUT2D eigenvalue weighted by Gasteiger charge is -2.07. The third-order valence-corrected chi connectivity index (χ3v) is 1.41. The largest absolute Gasteiger partial charge is 0.416 e. The van der Waals surface area contributed by atoms with Gasteiger partial charge in [-0.15, -0.1) is 24.8 Å². The molecule has 0 fully saturated rings. The summed E-state index contributed by atoms with van der Waals surface area (Å²) in [5, 5.41) is 0. The summed E-state index contributed by atoms with van der Waals surface area (Å²) in [7, 11) is 0. The predicted molar refractivity (Wildman–Crippen MR) is 54.8 cm³/mol. The van der Waals surface area contributed by atoms with Crippen LogP contribution in [0.4, 0.5) is 24.5 Å². The number of benzene rings is 1.